The molecule has 0 aromatic carbocycles. The number of nitrogens with zero attached hydrogens (tertiary/aromatic N) is 3. The molecular formula is C11H16BrN3O. The van der Waals surface area contributed by atoms with Gasteiger partial charge in [-0.05, 0) is 12.3 Å². The highest BCUT2D eigenvalue weighted by atomic mass is 79.9. The molecule has 0 aliphatic carbocycles. The third-order valence-corrected chi connectivity index (χ3v) is 4.00. The van der Waals surface area contributed by atoms with E-state index in [4.69, 9.17) is 0 Å². The monoisotopic (exact) mass is 285 g/mol. The zero-order valence-electron chi connectivity index (χ0n) is 9.56. The summed E-state index contributed by atoms with van der Waals surface area (Å²) in [7, 11) is 1.85. The van der Waals surface area contributed by atoms with E-state index in [-0.39, 0.29) is 5.91 Å². The number of aromatic nitrogens is 2. The lowest BCUT2D eigenvalue weighted by molar-refractivity contribution is 0.0729. The van der Waals surface area contributed by atoms with E-state index in [1.165, 1.54) is 0 Å². The van der Waals surface area contributed by atoms with Crippen LogP contribution in [0.1, 0.15) is 23.8 Å². The van der Waals surface area contributed by atoms with Gasteiger partial charge in [0.15, 0.2) is 0 Å². The van der Waals surface area contributed by atoms with Crippen LogP contribution in [0.4, 0.5) is 0 Å². The molecule has 2 atom stereocenters. The van der Waals surface area contributed by atoms with Crippen LogP contribution in [0.5, 0.6) is 0 Å². The third kappa shape index (κ3) is 1.88. The molecule has 1 aliphatic heterocycles. The summed E-state index contributed by atoms with van der Waals surface area (Å²) in [6, 6.07) is 0.308. The number of hydrogen-bond acceptors (Lipinski definition) is 2. The second-order valence-electron chi connectivity index (χ2n) is 4.38. The van der Waals surface area contributed by atoms with Gasteiger partial charge in [-0.3, -0.25) is 4.79 Å². The molecule has 1 aliphatic rings. The largest absolute Gasteiger partial charge is 0.333 e. The van der Waals surface area contributed by atoms with Crippen molar-refractivity contribution in [2.45, 2.75) is 19.4 Å². The minimum absolute atomic E-state index is 0.0915. The van der Waals surface area contributed by atoms with Gasteiger partial charge in [-0.15, -0.1) is 0 Å². The lowest BCUT2D eigenvalue weighted by atomic mass is 10.1. The van der Waals surface area contributed by atoms with Gasteiger partial charge in [0.25, 0.3) is 5.91 Å². The van der Waals surface area contributed by atoms with Gasteiger partial charge >= 0.3 is 0 Å². The Morgan fingerprint density at radius 3 is 3.00 bits per heavy atom. The van der Waals surface area contributed by atoms with Gasteiger partial charge in [-0.1, -0.05) is 22.9 Å². The number of amides is 1. The van der Waals surface area contributed by atoms with E-state index >= 15 is 0 Å². The van der Waals surface area contributed by atoms with Crippen molar-refractivity contribution in [2.24, 2.45) is 13.0 Å². The van der Waals surface area contributed by atoms with Gasteiger partial charge < -0.3 is 9.47 Å². The molecule has 0 radical (unpaired) electrons. The molecule has 2 unspecified atom stereocenters. The van der Waals surface area contributed by atoms with Crippen molar-refractivity contribution >= 4 is 21.8 Å². The molecule has 0 spiro atoms. The molecule has 4 nitrogen and oxygen atoms in total. The summed E-state index contributed by atoms with van der Waals surface area (Å²) in [6.07, 6.45) is 4.38. The summed E-state index contributed by atoms with van der Waals surface area (Å²) in [5.41, 5.74) is 0.667. The van der Waals surface area contributed by atoms with Gasteiger partial charge in [0.05, 0.1) is 12.5 Å². The fraction of sp³-hybridized carbons (Fsp3) is 0.636. The number of alkyl halides is 1. The van der Waals surface area contributed by atoms with Crippen LogP contribution in [0.3, 0.4) is 0 Å². The molecule has 88 valence electrons. The molecule has 1 amide bonds. The molecule has 1 saturated heterocycles. The maximum Gasteiger partial charge on any atom is 0.272 e. The first-order valence-corrected chi connectivity index (χ1v) is 6.60. The number of aryl methyl sites for hydroxylation is 1. The van der Waals surface area contributed by atoms with Crippen LogP contribution in [-0.4, -0.2) is 38.3 Å². The van der Waals surface area contributed by atoms with Crippen LogP contribution in [0.2, 0.25) is 0 Å². The minimum Gasteiger partial charge on any atom is -0.333 e. The number of halogens is 1. The Balaban J connectivity index is 2.20. The summed E-state index contributed by atoms with van der Waals surface area (Å²) in [5, 5.41) is 0.845. The highest BCUT2D eigenvalue weighted by Crippen LogP contribution is 2.26. The predicted molar refractivity (Wildman–Crippen MR) is 65.6 cm³/mol. The van der Waals surface area contributed by atoms with Crippen LogP contribution in [-0.2, 0) is 7.05 Å². The molecule has 0 bridgehead atoms. The average Bonchev–Trinajstić information content (AvgIpc) is 2.83. The lowest BCUT2D eigenvalue weighted by Crippen LogP contribution is -2.39. The van der Waals surface area contributed by atoms with E-state index in [2.05, 4.69) is 27.8 Å². The predicted octanol–water partition coefficient (Wildman–Crippen LogP) is 1.67. The van der Waals surface area contributed by atoms with Crippen molar-refractivity contribution in [1.82, 2.24) is 14.5 Å². The zero-order valence-corrected chi connectivity index (χ0v) is 11.1. The second kappa shape index (κ2) is 4.57. The molecule has 1 aromatic heterocycles. The molecule has 1 fully saturated rings. The first-order valence-electron chi connectivity index (χ1n) is 5.48. The number of carbonyl (C=O) groups is 1. The van der Waals surface area contributed by atoms with Crippen molar-refractivity contribution in [2.75, 3.05) is 11.9 Å². The Morgan fingerprint density at radius 1 is 1.69 bits per heavy atom. The Bertz CT molecular complexity index is 390. The minimum atomic E-state index is 0.0915. The lowest BCUT2D eigenvalue weighted by Gasteiger charge is -2.25. The van der Waals surface area contributed by atoms with E-state index in [9.17, 15) is 4.79 Å². The Labute approximate surface area is 104 Å². The molecule has 16 heavy (non-hydrogen) atoms. The smallest absolute Gasteiger partial charge is 0.272 e. The molecule has 0 N–H and O–H groups in total. The first-order chi connectivity index (χ1) is 7.65. The molecule has 2 heterocycles. The Morgan fingerprint density at radius 2 is 2.44 bits per heavy atom. The number of carbonyl (C=O) groups excluding carboxylic acids is 1. The van der Waals surface area contributed by atoms with E-state index in [1.807, 2.05) is 11.9 Å². The molecule has 0 saturated carbocycles. The fourth-order valence-electron chi connectivity index (χ4n) is 2.21. The summed E-state index contributed by atoms with van der Waals surface area (Å²) in [4.78, 5) is 18.2. The normalized spacial score (nSPS) is 25.1. The first kappa shape index (κ1) is 11.6. The van der Waals surface area contributed by atoms with Gasteiger partial charge in [-0.2, -0.15) is 0 Å². The van der Waals surface area contributed by atoms with Crippen molar-refractivity contribution in [1.29, 1.82) is 0 Å². The van der Waals surface area contributed by atoms with E-state index in [1.54, 1.807) is 17.1 Å². The maximum atomic E-state index is 12.3. The van der Waals surface area contributed by atoms with E-state index in [0.29, 0.717) is 17.7 Å². The third-order valence-electron chi connectivity index (χ3n) is 3.34. The number of likely N-dealkylation sites (tertiary alicyclic amines) is 1. The Kier molecular flexibility index (Phi) is 3.33. The van der Waals surface area contributed by atoms with Crippen molar-refractivity contribution in [3.8, 4) is 0 Å². The highest BCUT2D eigenvalue weighted by Gasteiger charge is 2.34. The summed E-state index contributed by atoms with van der Waals surface area (Å²) >= 11 is 3.49. The maximum absolute atomic E-state index is 12.3. The Hall–Kier alpha value is -0.840. The molecular weight excluding hydrogens is 270 g/mol. The molecule has 5 heteroatoms. The fourth-order valence-corrected chi connectivity index (χ4v) is 3.19. The summed E-state index contributed by atoms with van der Waals surface area (Å²) in [5.74, 6) is 0.658. The number of imidazole rings is 1. The van der Waals surface area contributed by atoms with Gasteiger partial charge in [0.1, 0.15) is 5.69 Å². The van der Waals surface area contributed by atoms with Gasteiger partial charge in [0, 0.05) is 25.0 Å². The SMILES string of the molecule is CC1CCN(C(=O)c2cncn2C)C1CBr. The van der Waals surface area contributed by atoms with Crippen LogP contribution in [0, 0.1) is 5.92 Å². The van der Waals surface area contributed by atoms with Crippen molar-refractivity contribution < 1.29 is 4.79 Å². The zero-order chi connectivity index (χ0) is 11.7. The van der Waals surface area contributed by atoms with Crippen molar-refractivity contribution in [3.05, 3.63) is 18.2 Å². The molecule has 1 aromatic rings. The van der Waals surface area contributed by atoms with Gasteiger partial charge in [-0.25, -0.2) is 4.98 Å². The molecule has 2 rings (SSSR count). The van der Waals surface area contributed by atoms with Crippen molar-refractivity contribution in [3.63, 3.8) is 0 Å². The van der Waals surface area contributed by atoms with Crippen LogP contribution in [0.15, 0.2) is 12.5 Å². The van der Waals surface area contributed by atoms with E-state index < -0.39 is 0 Å². The summed E-state index contributed by atoms with van der Waals surface area (Å²) < 4.78 is 1.77. The quantitative estimate of drug-likeness (QED) is 0.776. The topological polar surface area (TPSA) is 38.1 Å². The van der Waals surface area contributed by atoms with E-state index in [0.717, 1.165) is 18.3 Å². The van der Waals surface area contributed by atoms with Crippen LogP contribution in [0.25, 0.3) is 0 Å². The number of hydrogen-bond donors (Lipinski definition) is 0. The van der Waals surface area contributed by atoms with Crippen LogP contribution >= 0.6 is 15.9 Å². The van der Waals surface area contributed by atoms with Crippen LogP contribution < -0.4 is 0 Å². The summed E-state index contributed by atoms with van der Waals surface area (Å²) in [6.45, 7) is 3.05. The average molecular weight is 286 g/mol. The number of rotatable bonds is 2. The second-order valence-corrected chi connectivity index (χ2v) is 5.02. The highest BCUT2D eigenvalue weighted by molar-refractivity contribution is 9.09. The van der Waals surface area contributed by atoms with Gasteiger partial charge in [0.2, 0.25) is 0 Å². The standard InChI is InChI=1S/C11H16BrN3O/c1-8-3-4-15(9(8)5-12)11(16)10-6-13-7-14(10)2/h6-9H,3-5H2,1-2H3.